The van der Waals surface area contributed by atoms with Crippen LogP contribution >= 0.6 is 0 Å². The Bertz CT molecular complexity index is 562. The van der Waals surface area contributed by atoms with Gasteiger partial charge in [-0.25, -0.2) is 4.68 Å². The molecule has 1 aliphatic carbocycles. The van der Waals surface area contributed by atoms with E-state index in [1.807, 2.05) is 19.2 Å². The lowest BCUT2D eigenvalue weighted by Gasteiger charge is -2.35. The average molecular weight is 259 g/mol. The first-order valence-electron chi connectivity index (χ1n) is 6.38. The zero-order valence-corrected chi connectivity index (χ0v) is 11.1. The molecule has 19 heavy (non-hydrogen) atoms. The van der Waals surface area contributed by atoms with E-state index >= 15 is 0 Å². The molecule has 0 aliphatic heterocycles. The topological polar surface area (TPSA) is 64.9 Å². The van der Waals surface area contributed by atoms with Crippen molar-refractivity contribution in [3.8, 4) is 11.4 Å². The largest absolute Gasteiger partial charge is 0.382 e. The smallest absolute Gasteiger partial charge is 0.181 e. The van der Waals surface area contributed by atoms with Crippen LogP contribution in [0.2, 0.25) is 0 Å². The van der Waals surface area contributed by atoms with Gasteiger partial charge in [0, 0.05) is 31.5 Å². The van der Waals surface area contributed by atoms with Crippen molar-refractivity contribution in [2.24, 2.45) is 7.05 Å². The Morgan fingerprint density at radius 2 is 2.21 bits per heavy atom. The van der Waals surface area contributed by atoms with Crippen LogP contribution < -0.4 is 5.32 Å². The summed E-state index contributed by atoms with van der Waals surface area (Å²) in [5.41, 5.74) is 2.11. The van der Waals surface area contributed by atoms with Gasteiger partial charge in [-0.2, -0.15) is 0 Å². The van der Waals surface area contributed by atoms with Crippen molar-refractivity contribution in [1.29, 1.82) is 0 Å². The maximum absolute atomic E-state index is 5.28. The maximum atomic E-state index is 5.28. The van der Waals surface area contributed by atoms with E-state index in [1.165, 1.54) is 0 Å². The second-order valence-corrected chi connectivity index (χ2v) is 4.88. The number of rotatable bonds is 4. The molecule has 1 aromatic carbocycles. The molecule has 0 saturated heterocycles. The van der Waals surface area contributed by atoms with E-state index in [9.17, 15) is 0 Å². The van der Waals surface area contributed by atoms with Crippen LogP contribution in [0.25, 0.3) is 11.4 Å². The van der Waals surface area contributed by atoms with Crippen LogP contribution in [0.15, 0.2) is 24.3 Å². The summed E-state index contributed by atoms with van der Waals surface area (Å²) in [6.45, 7) is 0. The van der Waals surface area contributed by atoms with Gasteiger partial charge in [0.2, 0.25) is 0 Å². The minimum Gasteiger partial charge on any atom is -0.382 e. The van der Waals surface area contributed by atoms with Crippen LogP contribution in [0.5, 0.6) is 0 Å². The summed E-state index contributed by atoms with van der Waals surface area (Å²) < 4.78 is 6.95. The van der Waals surface area contributed by atoms with Gasteiger partial charge in [0.25, 0.3) is 0 Å². The number of aryl methyl sites for hydroxylation is 1. The lowest BCUT2D eigenvalue weighted by atomic mass is 9.89. The van der Waals surface area contributed by atoms with E-state index in [0.717, 1.165) is 29.9 Å². The highest BCUT2D eigenvalue weighted by molar-refractivity contribution is 5.62. The van der Waals surface area contributed by atoms with Crippen molar-refractivity contribution in [1.82, 2.24) is 20.2 Å². The predicted octanol–water partition coefficient (Wildman–Crippen LogP) is 1.47. The van der Waals surface area contributed by atoms with Crippen LogP contribution in [0, 0.1) is 0 Å². The summed E-state index contributed by atoms with van der Waals surface area (Å²) >= 11 is 0. The van der Waals surface area contributed by atoms with Gasteiger partial charge in [0.1, 0.15) is 0 Å². The van der Waals surface area contributed by atoms with Crippen molar-refractivity contribution >= 4 is 5.69 Å². The van der Waals surface area contributed by atoms with Gasteiger partial charge in [0.15, 0.2) is 5.82 Å². The highest BCUT2D eigenvalue weighted by atomic mass is 16.5. The number of ether oxygens (including phenoxy) is 1. The first-order valence-corrected chi connectivity index (χ1v) is 6.38. The molecule has 1 aliphatic rings. The third-order valence-electron chi connectivity index (χ3n) is 3.54. The molecular formula is C13H17N5O. The monoisotopic (exact) mass is 259 g/mol. The highest BCUT2D eigenvalue weighted by Gasteiger charge is 2.28. The van der Waals surface area contributed by atoms with Crippen molar-refractivity contribution in [3.63, 3.8) is 0 Å². The Hall–Kier alpha value is -1.95. The lowest BCUT2D eigenvalue weighted by Crippen LogP contribution is -2.40. The molecule has 1 saturated carbocycles. The van der Waals surface area contributed by atoms with Gasteiger partial charge in [-0.05, 0) is 35.4 Å². The Balaban J connectivity index is 1.72. The fourth-order valence-corrected chi connectivity index (χ4v) is 2.33. The number of aromatic nitrogens is 4. The van der Waals surface area contributed by atoms with E-state index in [1.54, 1.807) is 11.8 Å². The maximum Gasteiger partial charge on any atom is 0.181 e. The molecule has 1 heterocycles. The summed E-state index contributed by atoms with van der Waals surface area (Å²) in [5.74, 6) is 0.770. The fourth-order valence-electron chi connectivity index (χ4n) is 2.33. The van der Waals surface area contributed by atoms with E-state index in [-0.39, 0.29) is 0 Å². The average Bonchev–Trinajstić information content (AvgIpc) is 2.80. The Morgan fingerprint density at radius 1 is 1.37 bits per heavy atom. The molecule has 100 valence electrons. The molecule has 0 bridgehead atoms. The van der Waals surface area contributed by atoms with Gasteiger partial charge >= 0.3 is 0 Å². The molecule has 0 spiro atoms. The third-order valence-corrected chi connectivity index (χ3v) is 3.54. The molecule has 1 fully saturated rings. The molecular weight excluding hydrogens is 242 g/mol. The van der Waals surface area contributed by atoms with Crippen molar-refractivity contribution in [2.75, 3.05) is 12.4 Å². The Kier molecular flexibility index (Phi) is 3.16. The predicted molar refractivity (Wildman–Crippen MR) is 71.7 cm³/mol. The van der Waals surface area contributed by atoms with Crippen LogP contribution in [0.3, 0.4) is 0 Å². The van der Waals surface area contributed by atoms with Crippen molar-refractivity contribution < 1.29 is 4.74 Å². The lowest BCUT2D eigenvalue weighted by molar-refractivity contribution is 0.0329. The van der Waals surface area contributed by atoms with Gasteiger partial charge in [-0.3, -0.25) is 0 Å². The van der Waals surface area contributed by atoms with Crippen molar-refractivity contribution in [2.45, 2.75) is 25.0 Å². The molecule has 1 N–H and O–H groups in total. The number of anilines is 1. The fraction of sp³-hybridized carbons (Fsp3) is 0.462. The van der Waals surface area contributed by atoms with Gasteiger partial charge < -0.3 is 10.1 Å². The second kappa shape index (κ2) is 4.97. The molecule has 1 aromatic heterocycles. The molecule has 6 nitrogen and oxygen atoms in total. The second-order valence-electron chi connectivity index (χ2n) is 4.88. The summed E-state index contributed by atoms with van der Waals surface area (Å²) in [7, 11) is 3.60. The minimum atomic E-state index is 0.406. The molecule has 2 aromatic rings. The van der Waals surface area contributed by atoms with E-state index in [4.69, 9.17) is 4.74 Å². The molecule has 0 unspecified atom stereocenters. The standard InChI is InChI=1S/C13H17N5O/c1-18-13(15-16-17-18)9-4-3-5-10(6-9)14-11-7-12(8-11)19-2/h3-6,11-12,14H,7-8H2,1-2H3. The van der Waals surface area contributed by atoms with Gasteiger partial charge in [-0.15, -0.1) is 5.10 Å². The third kappa shape index (κ3) is 2.44. The van der Waals surface area contributed by atoms with Crippen LogP contribution in [0.4, 0.5) is 5.69 Å². The molecule has 0 radical (unpaired) electrons. The zero-order chi connectivity index (χ0) is 13.2. The number of nitrogens with zero attached hydrogens (tertiary/aromatic N) is 4. The van der Waals surface area contributed by atoms with Crippen molar-refractivity contribution in [3.05, 3.63) is 24.3 Å². The number of hydrogen-bond donors (Lipinski definition) is 1. The van der Waals surface area contributed by atoms with E-state index < -0.39 is 0 Å². The SMILES string of the molecule is COC1CC(Nc2cccc(-c3nnnn3C)c2)C1. The van der Waals surface area contributed by atoms with Crippen LogP contribution in [0.1, 0.15) is 12.8 Å². The molecule has 0 atom stereocenters. The summed E-state index contributed by atoms with van der Waals surface area (Å²) in [6.07, 6.45) is 2.53. The molecule has 0 amide bonds. The normalized spacial score (nSPS) is 22.0. The highest BCUT2D eigenvalue weighted by Crippen LogP contribution is 2.27. The van der Waals surface area contributed by atoms with E-state index in [0.29, 0.717) is 12.1 Å². The van der Waals surface area contributed by atoms with Gasteiger partial charge in [0.05, 0.1) is 6.10 Å². The minimum absolute atomic E-state index is 0.406. The summed E-state index contributed by atoms with van der Waals surface area (Å²) in [5, 5.41) is 15.0. The zero-order valence-electron chi connectivity index (χ0n) is 11.1. The molecule has 6 heteroatoms. The molecule has 3 rings (SSSR count). The van der Waals surface area contributed by atoms with Gasteiger partial charge in [-0.1, -0.05) is 12.1 Å². The number of tetrazole rings is 1. The van der Waals surface area contributed by atoms with E-state index in [2.05, 4.69) is 33.0 Å². The summed E-state index contributed by atoms with van der Waals surface area (Å²) in [6, 6.07) is 8.66. The van der Waals surface area contributed by atoms with Crippen LogP contribution in [-0.4, -0.2) is 39.5 Å². The number of nitrogens with one attached hydrogen (secondary N) is 1. The van der Waals surface area contributed by atoms with Crippen LogP contribution in [-0.2, 0) is 11.8 Å². The Labute approximate surface area is 111 Å². The number of hydrogen-bond acceptors (Lipinski definition) is 5. The number of benzene rings is 1. The first kappa shape index (κ1) is 12.1. The quantitative estimate of drug-likeness (QED) is 0.900. The summed E-state index contributed by atoms with van der Waals surface area (Å²) in [4.78, 5) is 0. The first-order chi connectivity index (χ1) is 9.26. The Morgan fingerprint density at radius 3 is 2.89 bits per heavy atom. The number of methoxy groups -OCH3 is 1.